The molecule has 1 saturated heterocycles. The first-order chi connectivity index (χ1) is 21.3. The molecule has 0 bridgehead atoms. The number of esters is 1. The Labute approximate surface area is 258 Å². The van der Waals surface area contributed by atoms with Crippen molar-refractivity contribution in [1.29, 1.82) is 0 Å². The minimum Gasteiger partial charge on any atom is -0.476 e. The lowest BCUT2D eigenvalue weighted by molar-refractivity contribution is -0.192. The van der Waals surface area contributed by atoms with Crippen molar-refractivity contribution in [2.75, 3.05) is 18.9 Å². The average molecular weight is 655 g/mol. The van der Waals surface area contributed by atoms with Gasteiger partial charge in [0.05, 0.1) is 12.9 Å². The second-order valence-electron chi connectivity index (χ2n) is 11.2. The van der Waals surface area contributed by atoms with E-state index in [1.807, 2.05) is 0 Å². The molecule has 246 valence electrons. The number of para-hydroxylation sites is 1. The zero-order valence-corrected chi connectivity index (χ0v) is 26.0. The van der Waals surface area contributed by atoms with Gasteiger partial charge in [0.15, 0.2) is 23.6 Å². The maximum absolute atomic E-state index is 16.3. The largest absolute Gasteiger partial charge is 0.476 e. The third-order valence-electron chi connectivity index (χ3n) is 7.58. The summed E-state index contributed by atoms with van der Waals surface area (Å²) in [5.41, 5.74) is 3.40. The predicted octanol–water partition coefficient (Wildman–Crippen LogP) is 4.15. The van der Waals surface area contributed by atoms with E-state index in [1.54, 1.807) is 25.1 Å². The lowest BCUT2D eigenvalue weighted by Gasteiger charge is -2.28. The second kappa shape index (κ2) is 13.1. The third-order valence-corrected chi connectivity index (χ3v) is 9.20. The Morgan fingerprint density at radius 2 is 1.98 bits per heavy atom. The van der Waals surface area contributed by atoms with Crippen LogP contribution in [0.4, 0.5) is 14.7 Å². The number of ether oxygens (including phenoxy) is 3. The molecule has 0 amide bonds. The molecule has 4 N–H and O–H groups in total. The van der Waals surface area contributed by atoms with Crippen LogP contribution >= 0.6 is 7.75 Å². The molecule has 1 aliphatic carbocycles. The number of hydrogen-bond acceptors (Lipinski definition) is 12. The summed E-state index contributed by atoms with van der Waals surface area (Å²) in [6, 6.07) is 6.60. The highest BCUT2D eigenvalue weighted by Gasteiger charge is 2.65. The van der Waals surface area contributed by atoms with Gasteiger partial charge in [0, 0.05) is 0 Å². The summed E-state index contributed by atoms with van der Waals surface area (Å²) in [5.74, 6) is -4.17. The number of alkyl halides is 2. The van der Waals surface area contributed by atoms with Crippen LogP contribution in [0.2, 0.25) is 0 Å². The number of nitrogens with zero attached hydrogens (tertiary/aromatic N) is 4. The summed E-state index contributed by atoms with van der Waals surface area (Å²) in [7, 11) is -4.60. The first-order valence-corrected chi connectivity index (χ1v) is 16.2. The van der Waals surface area contributed by atoms with E-state index in [-0.39, 0.29) is 41.5 Å². The van der Waals surface area contributed by atoms with Crippen molar-refractivity contribution in [2.45, 2.75) is 88.9 Å². The van der Waals surface area contributed by atoms with Gasteiger partial charge in [0.1, 0.15) is 30.1 Å². The zero-order valence-electron chi connectivity index (χ0n) is 25.1. The Morgan fingerprint density at radius 1 is 1.27 bits per heavy atom. The maximum atomic E-state index is 16.3. The summed E-state index contributed by atoms with van der Waals surface area (Å²) in [6.45, 7) is 3.04. The first-order valence-electron chi connectivity index (χ1n) is 14.7. The molecule has 17 heteroatoms. The monoisotopic (exact) mass is 654 g/mol. The summed E-state index contributed by atoms with van der Waals surface area (Å²) >= 11 is 0. The van der Waals surface area contributed by atoms with Crippen molar-refractivity contribution in [1.82, 2.24) is 24.6 Å². The van der Waals surface area contributed by atoms with Crippen LogP contribution in [0.25, 0.3) is 11.2 Å². The number of carbonyl (C=O) groups excluding carboxylic acids is 1. The van der Waals surface area contributed by atoms with E-state index in [9.17, 15) is 14.5 Å². The maximum Gasteiger partial charge on any atom is 0.459 e. The van der Waals surface area contributed by atoms with Gasteiger partial charge >= 0.3 is 13.7 Å². The van der Waals surface area contributed by atoms with Crippen LogP contribution in [0.15, 0.2) is 36.7 Å². The molecule has 2 aliphatic rings. The normalized spacial score (nSPS) is 27.6. The highest BCUT2D eigenvalue weighted by molar-refractivity contribution is 7.52. The van der Waals surface area contributed by atoms with Gasteiger partial charge in [-0.3, -0.25) is 13.9 Å². The lowest BCUT2D eigenvalue weighted by Crippen LogP contribution is -2.46. The van der Waals surface area contributed by atoms with Crippen LogP contribution in [0.1, 0.15) is 59.1 Å². The number of imidazole rings is 1. The van der Waals surface area contributed by atoms with Gasteiger partial charge in [-0.05, 0) is 58.6 Å². The lowest BCUT2D eigenvalue weighted by atomic mass is 9.97. The number of benzene rings is 1. The number of aromatic nitrogens is 4. The SMILES string of the molecule is CCOc1nc(N)nc2c1ncn2[C@@H]1O[C@](F)(COP(=O)(NC(C)C(=O)OC2CCCCC2)Oc2ccccc2)[C@@H](F)[C@@]1(C)O. The van der Waals surface area contributed by atoms with Gasteiger partial charge in [-0.25, -0.2) is 18.3 Å². The summed E-state index contributed by atoms with van der Waals surface area (Å²) in [5, 5.41) is 13.6. The number of aliphatic hydroxyl groups is 1. The summed E-state index contributed by atoms with van der Waals surface area (Å²) in [6.07, 6.45) is 0.742. The smallest absolute Gasteiger partial charge is 0.459 e. The fourth-order valence-corrected chi connectivity index (χ4v) is 6.81. The van der Waals surface area contributed by atoms with Crippen LogP contribution in [-0.2, 0) is 23.4 Å². The molecule has 2 unspecified atom stereocenters. The van der Waals surface area contributed by atoms with E-state index in [1.165, 1.54) is 19.1 Å². The standard InChI is InChI=1S/C28H37F2N6O8P/c1-4-40-22-20-21(33-26(31)34-22)36(16-32-20)25-27(3,38)24(29)28(30,43-25)15-41-45(39,44-19-13-9-6-10-14-19)35-17(2)23(37)42-18-11-7-5-8-12-18/h6,9-10,13-14,16-18,24-25,38H,4-5,7-8,11-12,15H2,1-3H3,(H,35,39)(H2,31,33,34)/t17?,24-,25+,27+,28+,45?/m0/s1. The Bertz CT molecular complexity index is 1540. The molecule has 0 radical (unpaired) electrons. The van der Waals surface area contributed by atoms with Crippen molar-refractivity contribution in [3.05, 3.63) is 36.7 Å². The average Bonchev–Trinajstić information content (AvgIpc) is 3.50. The van der Waals surface area contributed by atoms with E-state index in [0.717, 1.165) is 37.1 Å². The van der Waals surface area contributed by atoms with Gasteiger partial charge in [0.2, 0.25) is 11.8 Å². The van der Waals surface area contributed by atoms with Crippen LogP contribution < -0.4 is 20.1 Å². The van der Waals surface area contributed by atoms with Gasteiger partial charge in [-0.15, -0.1) is 0 Å². The zero-order chi connectivity index (χ0) is 32.4. The molecule has 3 aromatic rings. The van der Waals surface area contributed by atoms with Gasteiger partial charge in [-0.2, -0.15) is 15.1 Å². The minimum absolute atomic E-state index is 0.0151. The molecule has 0 spiro atoms. The van der Waals surface area contributed by atoms with Gasteiger partial charge in [0.25, 0.3) is 5.85 Å². The fraction of sp³-hybridized carbons (Fsp3) is 0.571. The quantitative estimate of drug-likeness (QED) is 0.187. The van der Waals surface area contributed by atoms with E-state index < -0.39 is 50.2 Å². The van der Waals surface area contributed by atoms with Crippen molar-refractivity contribution < 1.29 is 46.5 Å². The number of anilines is 1. The highest BCUT2D eigenvalue weighted by Crippen LogP contribution is 2.52. The number of halogens is 2. The minimum atomic E-state index is -4.60. The van der Waals surface area contributed by atoms with Crippen LogP contribution in [0.5, 0.6) is 11.6 Å². The predicted molar refractivity (Wildman–Crippen MR) is 157 cm³/mol. The molecular formula is C28H37F2N6O8P. The molecule has 2 fully saturated rings. The molecule has 45 heavy (non-hydrogen) atoms. The molecule has 1 aliphatic heterocycles. The van der Waals surface area contributed by atoms with E-state index in [4.69, 9.17) is 29.0 Å². The van der Waals surface area contributed by atoms with Crippen molar-refractivity contribution >= 4 is 30.8 Å². The number of nitrogens with one attached hydrogen (secondary N) is 1. The molecule has 6 atom stereocenters. The number of rotatable bonds is 12. The Balaban J connectivity index is 1.37. The third kappa shape index (κ3) is 7.04. The Kier molecular flexibility index (Phi) is 9.61. The Hall–Kier alpha value is -3.43. The molecule has 5 rings (SSSR count). The second-order valence-corrected chi connectivity index (χ2v) is 12.9. The van der Waals surface area contributed by atoms with Crippen LogP contribution in [-0.4, -0.2) is 73.6 Å². The summed E-state index contributed by atoms with van der Waals surface area (Å²) < 4.78 is 74.5. The molecular weight excluding hydrogens is 617 g/mol. The van der Waals surface area contributed by atoms with Crippen molar-refractivity contribution in [3.63, 3.8) is 0 Å². The van der Waals surface area contributed by atoms with E-state index in [0.29, 0.717) is 12.8 Å². The molecule has 3 heterocycles. The highest BCUT2D eigenvalue weighted by atomic mass is 31.2. The Morgan fingerprint density at radius 3 is 2.67 bits per heavy atom. The van der Waals surface area contributed by atoms with Crippen molar-refractivity contribution in [2.24, 2.45) is 0 Å². The number of fused-ring (bicyclic) bond motifs is 1. The number of nitrogen functional groups attached to an aromatic ring is 1. The van der Waals surface area contributed by atoms with Crippen molar-refractivity contribution in [3.8, 4) is 11.6 Å². The number of carbonyl (C=O) groups is 1. The molecule has 2 aromatic heterocycles. The number of nitrogens with two attached hydrogens (primary N) is 1. The summed E-state index contributed by atoms with van der Waals surface area (Å²) in [4.78, 5) is 25.1. The molecule has 1 aromatic carbocycles. The molecule has 1 saturated carbocycles. The topological polar surface area (TPSA) is 182 Å². The van der Waals surface area contributed by atoms with E-state index in [2.05, 4.69) is 20.0 Å². The van der Waals surface area contributed by atoms with Gasteiger partial charge in [-0.1, -0.05) is 24.6 Å². The van der Waals surface area contributed by atoms with Crippen LogP contribution in [0, 0.1) is 0 Å². The van der Waals surface area contributed by atoms with Crippen LogP contribution in [0.3, 0.4) is 0 Å². The number of hydrogen-bond donors (Lipinski definition) is 3. The van der Waals surface area contributed by atoms with E-state index >= 15 is 8.78 Å². The fourth-order valence-electron chi connectivity index (χ4n) is 5.31. The first kappa shape index (κ1) is 32.9. The van der Waals surface area contributed by atoms with Gasteiger partial charge < -0.3 is 29.6 Å². The molecule has 14 nitrogen and oxygen atoms in total.